The Morgan fingerprint density at radius 3 is 2.70 bits per heavy atom. The predicted molar refractivity (Wildman–Crippen MR) is 95.7 cm³/mol. The first-order chi connectivity index (χ1) is 11.0. The molecule has 4 heteroatoms. The molecule has 0 aliphatic heterocycles. The number of aromatic nitrogens is 1. The SMILES string of the molecule is Cc1cccc(CC(=O)Nc2ccc(NCCC(C)C)cn2)c1. The summed E-state index contributed by atoms with van der Waals surface area (Å²) in [5.41, 5.74) is 3.14. The van der Waals surface area contributed by atoms with Gasteiger partial charge in [-0.25, -0.2) is 4.98 Å². The number of carbonyl (C=O) groups is 1. The summed E-state index contributed by atoms with van der Waals surface area (Å²) in [7, 11) is 0. The first-order valence-corrected chi connectivity index (χ1v) is 8.08. The van der Waals surface area contributed by atoms with Crippen molar-refractivity contribution in [1.29, 1.82) is 0 Å². The van der Waals surface area contributed by atoms with Crippen LogP contribution in [-0.4, -0.2) is 17.4 Å². The van der Waals surface area contributed by atoms with Crippen molar-refractivity contribution < 1.29 is 4.79 Å². The lowest BCUT2D eigenvalue weighted by atomic mass is 10.1. The maximum Gasteiger partial charge on any atom is 0.229 e. The van der Waals surface area contributed by atoms with Gasteiger partial charge in [-0.3, -0.25) is 4.79 Å². The van der Waals surface area contributed by atoms with Crippen molar-refractivity contribution in [2.24, 2.45) is 5.92 Å². The van der Waals surface area contributed by atoms with Crippen LogP contribution in [0.5, 0.6) is 0 Å². The third-order valence-corrected chi connectivity index (χ3v) is 3.53. The number of amides is 1. The number of hydrogen-bond donors (Lipinski definition) is 2. The Morgan fingerprint density at radius 2 is 2.04 bits per heavy atom. The predicted octanol–water partition coefficient (Wildman–Crippen LogP) is 4.03. The number of anilines is 2. The molecule has 2 aromatic rings. The number of nitrogens with one attached hydrogen (secondary N) is 2. The third kappa shape index (κ3) is 6.10. The molecule has 0 radical (unpaired) electrons. The van der Waals surface area contributed by atoms with E-state index in [4.69, 9.17) is 0 Å². The smallest absolute Gasteiger partial charge is 0.229 e. The van der Waals surface area contributed by atoms with Crippen molar-refractivity contribution in [3.63, 3.8) is 0 Å². The van der Waals surface area contributed by atoms with Crippen LogP contribution in [0.2, 0.25) is 0 Å². The Hall–Kier alpha value is -2.36. The summed E-state index contributed by atoms with van der Waals surface area (Å²) in [4.78, 5) is 16.3. The fraction of sp³-hybridized carbons (Fsp3) is 0.368. The van der Waals surface area contributed by atoms with Crippen LogP contribution in [0.3, 0.4) is 0 Å². The molecule has 1 aromatic carbocycles. The zero-order valence-corrected chi connectivity index (χ0v) is 14.1. The molecule has 0 saturated heterocycles. The number of hydrogen-bond acceptors (Lipinski definition) is 3. The molecule has 0 unspecified atom stereocenters. The summed E-state index contributed by atoms with van der Waals surface area (Å²) < 4.78 is 0. The normalized spacial score (nSPS) is 10.6. The average Bonchev–Trinajstić information content (AvgIpc) is 2.48. The molecule has 2 rings (SSSR count). The second kappa shape index (κ2) is 8.32. The van der Waals surface area contributed by atoms with E-state index in [0.29, 0.717) is 18.2 Å². The fourth-order valence-electron chi connectivity index (χ4n) is 2.27. The summed E-state index contributed by atoms with van der Waals surface area (Å²) >= 11 is 0. The quantitative estimate of drug-likeness (QED) is 0.811. The van der Waals surface area contributed by atoms with Gasteiger partial charge in [-0.1, -0.05) is 43.7 Å². The molecule has 0 aliphatic rings. The summed E-state index contributed by atoms with van der Waals surface area (Å²) in [5.74, 6) is 1.20. The standard InChI is InChI=1S/C19H25N3O/c1-14(2)9-10-20-17-7-8-18(21-13-17)22-19(23)12-16-6-4-5-15(3)11-16/h4-8,11,13-14,20H,9-10,12H2,1-3H3,(H,21,22,23). The first kappa shape index (κ1) is 17.0. The molecule has 0 atom stereocenters. The van der Waals surface area contributed by atoms with Gasteiger partial charge in [0.15, 0.2) is 0 Å². The topological polar surface area (TPSA) is 54.0 Å². The molecule has 1 aromatic heterocycles. The lowest BCUT2D eigenvalue weighted by Crippen LogP contribution is -2.15. The van der Waals surface area contributed by atoms with Crippen molar-refractivity contribution >= 4 is 17.4 Å². The van der Waals surface area contributed by atoms with Crippen molar-refractivity contribution in [3.05, 3.63) is 53.7 Å². The van der Waals surface area contributed by atoms with Gasteiger partial charge < -0.3 is 10.6 Å². The van der Waals surface area contributed by atoms with Crippen LogP contribution < -0.4 is 10.6 Å². The van der Waals surface area contributed by atoms with Crippen LogP contribution >= 0.6 is 0 Å². The number of carbonyl (C=O) groups excluding carboxylic acids is 1. The molecule has 0 aliphatic carbocycles. The van der Waals surface area contributed by atoms with E-state index >= 15 is 0 Å². The van der Waals surface area contributed by atoms with E-state index in [1.54, 1.807) is 6.20 Å². The van der Waals surface area contributed by atoms with Gasteiger partial charge in [0.1, 0.15) is 5.82 Å². The monoisotopic (exact) mass is 311 g/mol. The van der Waals surface area contributed by atoms with E-state index in [2.05, 4.69) is 29.5 Å². The van der Waals surface area contributed by atoms with Crippen LogP contribution in [0.15, 0.2) is 42.6 Å². The molecule has 0 bridgehead atoms. The summed E-state index contributed by atoms with van der Waals surface area (Å²) in [5, 5.41) is 6.16. The minimum Gasteiger partial charge on any atom is -0.384 e. The van der Waals surface area contributed by atoms with Crippen LogP contribution in [0.1, 0.15) is 31.4 Å². The molecular formula is C19H25N3O. The number of rotatable bonds is 7. The van der Waals surface area contributed by atoms with Crippen LogP contribution in [-0.2, 0) is 11.2 Å². The Kier molecular flexibility index (Phi) is 6.15. The molecule has 4 nitrogen and oxygen atoms in total. The number of nitrogens with zero attached hydrogens (tertiary/aromatic N) is 1. The van der Waals surface area contributed by atoms with Crippen molar-refractivity contribution in [2.75, 3.05) is 17.2 Å². The number of pyridine rings is 1. The first-order valence-electron chi connectivity index (χ1n) is 8.08. The van der Waals surface area contributed by atoms with Crippen LogP contribution in [0, 0.1) is 12.8 Å². The summed E-state index contributed by atoms with van der Waals surface area (Å²) in [6.07, 6.45) is 3.23. The second-order valence-electron chi connectivity index (χ2n) is 6.26. The van der Waals surface area contributed by atoms with Gasteiger partial charge in [0, 0.05) is 6.54 Å². The zero-order chi connectivity index (χ0) is 16.7. The molecular weight excluding hydrogens is 286 g/mol. The molecule has 23 heavy (non-hydrogen) atoms. The van der Waals surface area contributed by atoms with E-state index in [9.17, 15) is 4.79 Å². The summed E-state index contributed by atoms with van der Waals surface area (Å²) in [6.45, 7) is 7.35. The summed E-state index contributed by atoms with van der Waals surface area (Å²) in [6, 6.07) is 11.7. The minimum absolute atomic E-state index is 0.0522. The maximum absolute atomic E-state index is 12.1. The molecule has 2 N–H and O–H groups in total. The zero-order valence-electron chi connectivity index (χ0n) is 14.1. The molecule has 122 valence electrons. The number of aryl methyl sites for hydroxylation is 1. The highest BCUT2D eigenvalue weighted by Gasteiger charge is 2.05. The minimum atomic E-state index is -0.0522. The lowest BCUT2D eigenvalue weighted by Gasteiger charge is -2.09. The van der Waals surface area contributed by atoms with Crippen molar-refractivity contribution in [1.82, 2.24) is 4.98 Å². The Balaban J connectivity index is 1.84. The van der Waals surface area contributed by atoms with Gasteiger partial charge in [0.25, 0.3) is 0 Å². The largest absolute Gasteiger partial charge is 0.384 e. The van der Waals surface area contributed by atoms with Gasteiger partial charge in [0.2, 0.25) is 5.91 Å². The van der Waals surface area contributed by atoms with E-state index < -0.39 is 0 Å². The molecule has 0 saturated carbocycles. The molecule has 0 fully saturated rings. The average molecular weight is 311 g/mol. The Labute approximate surface area is 138 Å². The molecule has 1 amide bonds. The van der Waals surface area contributed by atoms with E-state index in [1.807, 2.05) is 43.3 Å². The van der Waals surface area contributed by atoms with Gasteiger partial charge in [-0.05, 0) is 37.0 Å². The highest BCUT2D eigenvalue weighted by molar-refractivity contribution is 5.91. The highest BCUT2D eigenvalue weighted by Crippen LogP contribution is 2.11. The van der Waals surface area contributed by atoms with E-state index in [0.717, 1.165) is 29.8 Å². The van der Waals surface area contributed by atoms with E-state index in [1.165, 1.54) is 0 Å². The maximum atomic E-state index is 12.1. The number of benzene rings is 1. The van der Waals surface area contributed by atoms with Crippen molar-refractivity contribution in [3.8, 4) is 0 Å². The Bertz CT molecular complexity index is 635. The molecule has 1 heterocycles. The van der Waals surface area contributed by atoms with Crippen LogP contribution in [0.25, 0.3) is 0 Å². The third-order valence-electron chi connectivity index (χ3n) is 3.53. The van der Waals surface area contributed by atoms with Gasteiger partial charge in [0.05, 0.1) is 18.3 Å². The lowest BCUT2D eigenvalue weighted by molar-refractivity contribution is -0.115. The van der Waals surface area contributed by atoms with Gasteiger partial charge >= 0.3 is 0 Å². The van der Waals surface area contributed by atoms with Crippen molar-refractivity contribution in [2.45, 2.75) is 33.6 Å². The van der Waals surface area contributed by atoms with E-state index in [-0.39, 0.29) is 5.91 Å². The van der Waals surface area contributed by atoms with Gasteiger partial charge in [-0.2, -0.15) is 0 Å². The fourth-order valence-corrected chi connectivity index (χ4v) is 2.27. The molecule has 0 spiro atoms. The second-order valence-corrected chi connectivity index (χ2v) is 6.26. The highest BCUT2D eigenvalue weighted by atomic mass is 16.1. The Morgan fingerprint density at radius 1 is 1.22 bits per heavy atom. The van der Waals surface area contributed by atoms with Gasteiger partial charge in [-0.15, -0.1) is 0 Å². The van der Waals surface area contributed by atoms with Crippen LogP contribution in [0.4, 0.5) is 11.5 Å².